The molecule has 1 unspecified atom stereocenters. The fourth-order valence-corrected chi connectivity index (χ4v) is 0.926. The molecular formula is C7H7F3N2O. The third kappa shape index (κ3) is 1.88. The predicted octanol–water partition coefficient (Wildman–Crippen LogP) is 1.74. The first kappa shape index (κ1) is 9.76. The fraction of sp³-hybridized carbons (Fsp3) is 0.429. The van der Waals surface area contributed by atoms with Crippen molar-refractivity contribution in [2.24, 2.45) is 0 Å². The van der Waals surface area contributed by atoms with E-state index in [1.165, 1.54) is 13.0 Å². The Balaban J connectivity index is 2.99. The van der Waals surface area contributed by atoms with Crippen molar-refractivity contribution < 1.29 is 18.0 Å². The van der Waals surface area contributed by atoms with Gasteiger partial charge in [0.05, 0.1) is 0 Å². The van der Waals surface area contributed by atoms with E-state index in [1.807, 2.05) is 0 Å². The largest absolute Gasteiger partial charge is 0.296 e. The number of aldehydes is 1. The number of rotatable bonds is 3. The van der Waals surface area contributed by atoms with E-state index in [0.29, 0.717) is 11.0 Å². The van der Waals surface area contributed by atoms with Gasteiger partial charge in [-0.1, -0.05) is 0 Å². The minimum Gasteiger partial charge on any atom is -0.296 e. The quantitative estimate of drug-likeness (QED) is 0.683. The molecule has 1 aromatic rings. The second-order valence-corrected chi connectivity index (χ2v) is 2.48. The number of alkyl halides is 3. The summed E-state index contributed by atoms with van der Waals surface area (Å²) in [7, 11) is 0. The van der Waals surface area contributed by atoms with Crippen LogP contribution in [0.25, 0.3) is 0 Å². The SMILES string of the molecule is Cc1cc(C=O)nn1C(F)C(F)F. The van der Waals surface area contributed by atoms with Crippen molar-refractivity contribution in [3.63, 3.8) is 0 Å². The van der Waals surface area contributed by atoms with Crippen LogP contribution in [0, 0.1) is 6.92 Å². The molecule has 13 heavy (non-hydrogen) atoms. The lowest BCUT2D eigenvalue weighted by Gasteiger charge is -2.08. The molecular weight excluding hydrogens is 185 g/mol. The molecule has 0 aliphatic carbocycles. The number of carbonyl (C=O) groups excluding carboxylic acids is 1. The van der Waals surface area contributed by atoms with Crippen LogP contribution in [-0.4, -0.2) is 22.5 Å². The summed E-state index contributed by atoms with van der Waals surface area (Å²) >= 11 is 0. The molecule has 0 saturated heterocycles. The number of carbonyl (C=O) groups is 1. The average Bonchev–Trinajstić information content (AvgIpc) is 2.45. The fourth-order valence-electron chi connectivity index (χ4n) is 0.926. The van der Waals surface area contributed by atoms with Gasteiger partial charge in [-0.25, -0.2) is 17.9 Å². The zero-order valence-corrected chi connectivity index (χ0v) is 6.75. The summed E-state index contributed by atoms with van der Waals surface area (Å²) in [4.78, 5) is 10.2. The van der Waals surface area contributed by atoms with Gasteiger partial charge in [0.15, 0.2) is 6.29 Å². The third-order valence-corrected chi connectivity index (χ3v) is 1.50. The van der Waals surface area contributed by atoms with Crippen LogP contribution in [0.5, 0.6) is 0 Å². The molecule has 0 radical (unpaired) electrons. The molecule has 1 atom stereocenters. The van der Waals surface area contributed by atoms with E-state index in [-0.39, 0.29) is 11.4 Å². The molecule has 72 valence electrons. The lowest BCUT2D eigenvalue weighted by Crippen LogP contribution is -2.15. The molecule has 6 heteroatoms. The maximum Gasteiger partial charge on any atom is 0.289 e. The standard InChI is InChI=1S/C7H7F3N2O/c1-4-2-5(3-13)11-12(4)7(10)6(8)9/h2-3,6-7H,1H3. The second-order valence-electron chi connectivity index (χ2n) is 2.48. The van der Waals surface area contributed by atoms with Gasteiger partial charge < -0.3 is 0 Å². The third-order valence-electron chi connectivity index (χ3n) is 1.50. The summed E-state index contributed by atoms with van der Waals surface area (Å²) in [6.07, 6.45) is -5.26. The minimum atomic E-state index is -3.14. The van der Waals surface area contributed by atoms with Crippen LogP contribution >= 0.6 is 0 Å². The summed E-state index contributed by atoms with van der Waals surface area (Å²) < 4.78 is 37.0. The van der Waals surface area contributed by atoms with E-state index in [1.54, 1.807) is 0 Å². The topological polar surface area (TPSA) is 34.9 Å². The van der Waals surface area contributed by atoms with Crippen molar-refractivity contribution in [2.75, 3.05) is 0 Å². The molecule has 0 amide bonds. The molecule has 1 aromatic heterocycles. The van der Waals surface area contributed by atoms with Crippen LogP contribution in [0.4, 0.5) is 13.2 Å². The highest BCUT2D eigenvalue weighted by molar-refractivity contribution is 5.71. The van der Waals surface area contributed by atoms with Crippen molar-refractivity contribution in [3.05, 3.63) is 17.5 Å². The van der Waals surface area contributed by atoms with Crippen LogP contribution < -0.4 is 0 Å². The molecule has 0 aliphatic rings. The van der Waals surface area contributed by atoms with E-state index in [0.717, 1.165) is 0 Å². The van der Waals surface area contributed by atoms with Gasteiger partial charge in [0.2, 0.25) is 0 Å². The molecule has 0 N–H and O–H groups in total. The Bertz CT molecular complexity index is 311. The first-order valence-corrected chi connectivity index (χ1v) is 3.50. The second kappa shape index (κ2) is 3.59. The zero-order valence-electron chi connectivity index (χ0n) is 6.75. The van der Waals surface area contributed by atoms with Crippen molar-refractivity contribution in [1.29, 1.82) is 0 Å². The number of nitrogens with zero attached hydrogens (tertiary/aromatic N) is 2. The molecule has 0 aliphatic heterocycles. The summed E-state index contributed by atoms with van der Waals surface area (Å²) in [6, 6.07) is 1.24. The number of hydrogen-bond acceptors (Lipinski definition) is 2. The van der Waals surface area contributed by atoms with Gasteiger partial charge in [0, 0.05) is 5.69 Å². The van der Waals surface area contributed by atoms with E-state index in [9.17, 15) is 18.0 Å². The molecule has 3 nitrogen and oxygen atoms in total. The maximum absolute atomic E-state index is 12.7. The van der Waals surface area contributed by atoms with E-state index in [4.69, 9.17) is 0 Å². The van der Waals surface area contributed by atoms with Crippen LogP contribution in [0.15, 0.2) is 6.07 Å². The Hall–Kier alpha value is -1.33. The van der Waals surface area contributed by atoms with Crippen molar-refractivity contribution in [3.8, 4) is 0 Å². The molecule has 0 bridgehead atoms. The summed E-state index contributed by atoms with van der Waals surface area (Å²) in [5, 5.41) is 3.34. The monoisotopic (exact) mass is 192 g/mol. The summed E-state index contributed by atoms with van der Waals surface area (Å²) in [5.41, 5.74) is 0.135. The van der Waals surface area contributed by atoms with Crippen molar-refractivity contribution >= 4 is 6.29 Å². The predicted molar refractivity (Wildman–Crippen MR) is 38.5 cm³/mol. The van der Waals surface area contributed by atoms with Gasteiger partial charge in [-0.05, 0) is 13.0 Å². The molecule has 0 spiro atoms. The summed E-state index contributed by atoms with van der Waals surface area (Å²) in [5.74, 6) is 0. The first-order chi connectivity index (χ1) is 6.06. The lowest BCUT2D eigenvalue weighted by molar-refractivity contribution is -0.000548. The van der Waals surface area contributed by atoms with Crippen LogP contribution in [-0.2, 0) is 0 Å². The van der Waals surface area contributed by atoms with Crippen LogP contribution in [0.1, 0.15) is 22.5 Å². The number of aryl methyl sites for hydroxylation is 1. The highest BCUT2D eigenvalue weighted by Crippen LogP contribution is 2.19. The Kier molecular flexibility index (Phi) is 2.69. The van der Waals surface area contributed by atoms with E-state index >= 15 is 0 Å². The minimum absolute atomic E-state index is 0.0548. The van der Waals surface area contributed by atoms with Crippen molar-refractivity contribution in [2.45, 2.75) is 19.6 Å². The van der Waals surface area contributed by atoms with Gasteiger partial charge in [0.1, 0.15) is 5.69 Å². The van der Waals surface area contributed by atoms with E-state index < -0.39 is 12.7 Å². The van der Waals surface area contributed by atoms with Crippen LogP contribution in [0.2, 0.25) is 0 Å². The number of halogens is 3. The Labute approximate surface area is 72.2 Å². The van der Waals surface area contributed by atoms with E-state index in [2.05, 4.69) is 5.10 Å². The molecule has 0 aromatic carbocycles. The molecule has 1 rings (SSSR count). The zero-order chi connectivity index (χ0) is 10.0. The molecule has 0 fully saturated rings. The maximum atomic E-state index is 12.7. The van der Waals surface area contributed by atoms with Crippen molar-refractivity contribution in [1.82, 2.24) is 9.78 Å². The Morgan fingerprint density at radius 1 is 1.54 bits per heavy atom. The number of hydrogen-bond donors (Lipinski definition) is 0. The Morgan fingerprint density at radius 2 is 2.15 bits per heavy atom. The highest BCUT2D eigenvalue weighted by Gasteiger charge is 2.23. The van der Waals surface area contributed by atoms with Gasteiger partial charge >= 0.3 is 0 Å². The van der Waals surface area contributed by atoms with Crippen LogP contribution in [0.3, 0.4) is 0 Å². The molecule has 1 heterocycles. The normalized spacial score (nSPS) is 13.3. The van der Waals surface area contributed by atoms with Gasteiger partial charge in [-0.15, -0.1) is 0 Å². The molecule has 0 saturated carbocycles. The van der Waals surface area contributed by atoms with Gasteiger partial charge in [-0.3, -0.25) is 4.79 Å². The number of aromatic nitrogens is 2. The lowest BCUT2D eigenvalue weighted by atomic mass is 10.4. The highest BCUT2D eigenvalue weighted by atomic mass is 19.3. The smallest absolute Gasteiger partial charge is 0.289 e. The first-order valence-electron chi connectivity index (χ1n) is 3.50. The van der Waals surface area contributed by atoms with Gasteiger partial charge in [0.25, 0.3) is 12.7 Å². The van der Waals surface area contributed by atoms with Gasteiger partial charge in [-0.2, -0.15) is 5.10 Å². The summed E-state index contributed by atoms with van der Waals surface area (Å²) in [6.45, 7) is 1.40. The average molecular weight is 192 g/mol. The Morgan fingerprint density at radius 3 is 2.54 bits per heavy atom.